The van der Waals surface area contributed by atoms with Crippen LogP contribution in [0.15, 0.2) is 14.4 Å². The summed E-state index contributed by atoms with van der Waals surface area (Å²) in [6.07, 6.45) is 1.43. The molecule has 2 aromatic rings. The number of aliphatic hydroxyl groups excluding tert-OH is 1. The fraction of sp³-hybridized carbons (Fsp3) is 0.615. The maximum Gasteiger partial charge on any atom is 0.327 e. The number of aliphatic hydroxyl groups is 1. The smallest absolute Gasteiger partial charge is 0.327 e. The third-order valence-corrected chi connectivity index (χ3v) is 5.99. The molecule has 0 aromatic carbocycles. The molecule has 0 saturated carbocycles. The van der Waals surface area contributed by atoms with E-state index in [1.54, 1.807) is 0 Å². The summed E-state index contributed by atoms with van der Waals surface area (Å²) in [7, 11) is 0. The highest BCUT2D eigenvalue weighted by molar-refractivity contribution is 7.99. The summed E-state index contributed by atoms with van der Waals surface area (Å²) in [6.45, 7) is 1.86. The summed E-state index contributed by atoms with van der Waals surface area (Å²) in [6, 6.07) is 0. The molecule has 10 heteroatoms. The molecule has 3 rings (SSSR count). The highest BCUT2D eigenvalue weighted by atomic mass is 32.2. The third-order valence-electron chi connectivity index (χ3n) is 4.01. The zero-order valence-electron chi connectivity index (χ0n) is 12.6. The molecule has 23 heavy (non-hydrogen) atoms. The van der Waals surface area contributed by atoms with Gasteiger partial charge >= 0.3 is 10.6 Å². The second-order valence-electron chi connectivity index (χ2n) is 5.37. The molecule has 0 aliphatic carbocycles. The minimum atomic E-state index is -0.669. The molecule has 0 radical (unpaired) electrons. The van der Waals surface area contributed by atoms with Crippen LogP contribution >= 0.6 is 23.1 Å². The molecule has 0 bridgehead atoms. The third kappa shape index (κ3) is 2.80. The quantitative estimate of drug-likeness (QED) is 0.719. The molecule has 1 aliphatic rings. The van der Waals surface area contributed by atoms with E-state index in [0.29, 0.717) is 12.8 Å². The highest BCUT2D eigenvalue weighted by Crippen LogP contribution is 2.38. The maximum absolute atomic E-state index is 12.4. The van der Waals surface area contributed by atoms with Crippen molar-refractivity contribution >= 4 is 33.4 Å². The first-order valence-electron chi connectivity index (χ1n) is 7.20. The Morgan fingerprint density at radius 2 is 2.17 bits per heavy atom. The summed E-state index contributed by atoms with van der Waals surface area (Å²) >= 11 is 2.30. The predicted octanol–water partition coefficient (Wildman–Crippen LogP) is 0.230. The second-order valence-corrected chi connectivity index (χ2v) is 7.41. The Labute approximate surface area is 138 Å². The average molecular weight is 359 g/mol. The van der Waals surface area contributed by atoms with E-state index in [1.807, 2.05) is 13.2 Å². The van der Waals surface area contributed by atoms with Gasteiger partial charge < -0.3 is 9.84 Å². The minimum Gasteiger partial charge on any atom is -0.390 e. The number of fused-ring (bicyclic) bond motifs is 1. The van der Waals surface area contributed by atoms with E-state index in [4.69, 9.17) is 4.74 Å². The molecule has 8 nitrogen and oxygen atoms in total. The lowest BCUT2D eigenvalue weighted by Crippen LogP contribution is -2.29. The van der Waals surface area contributed by atoms with E-state index in [2.05, 4.69) is 9.97 Å². The van der Waals surface area contributed by atoms with E-state index in [0.717, 1.165) is 11.3 Å². The van der Waals surface area contributed by atoms with Gasteiger partial charge in [0.1, 0.15) is 10.3 Å². The number of hydrogen-bond donors (Lipinski definition) is 3. The lowest BCUT2D eigenvalue weighted by atomic mass is 10.1. The van der Waals surface area contributed by atoms with Crippen LogP contribution in [0.25, 0.3) is 10.3 Å². The Kier molecular flexibility index (Phi) is 4.50. The van der Waals surface area contributed by atoms with Gasteiger partial charge in [0.15, 0.2) is 6.23 Å². The Morgan fingerprint density at radius 1 is 1.43 bits per heavy atom. The number of rotatable bonds is 4. The topological polar surface area (TPSA) is 117 Å². The lowest BCUT2D eigenvalue weighted by Gasteiger charge is -2.19. The lowest BCUT2D eigenvalue weighted by molar-refractivity contribution is -0.0584. The second kappa shape index (κ2) is 6.27. The summed E-state index contributed by atoms with van der Waals surface area (Å²) in [5.74, 6) is 0. The first-order valence-corrected chi connectivity index (χ1v) is 9.30. The number of nitrogens with one attached hydrogen (secondary N) is 2. The minimum absolute atomic E-state index is 0.0560. The van der Waals surface area contributed by atoms with Crippen LogP contribution in [0.4, 0.5) is 0 Å². The van der Waals surface area contributed by atoms with Gasteiger partial charge in [-0.05, 0) is 19.1 Å². The Bertz CT molecular complexity index is 882. The van der Waals surface area contributed by atoms with E-state index >= 15 is 0 Å². The number of thioether (sulfide) groups is 1. The Hall–Kier alpha value is -1.36. The molecule has 4 atom stereocenters. The number of nitrogens with zero attached hydrogens (tertiary/aromatic N) is 1. The van der Waals surface area contributed by atoms with Crippen molar-refractivity contribution in [3.05, 3.63) is 30.5 Å². The van der Waals surface area contributed by atoms with Gasteiger partial charge in [0, 0.05) is 0 Å². The number of thiazole rings is 1. The van der Waals surface area contributed by atoms with Crippen molar-refractivity contribution in [1.82, 2.24) is 14.5 Å². The van der Waals surface area contributed by atoms with Gasteiger partial charge in [-0.25, -0.2) is 4.79 Å². The van der Waals surface area contributed by atoms with E-state index < -0.39 is 23.6 Å². The van der Waals surface area contributed by atoms with Crippen LogP contribution in [0, 0.1) is 0 Å². The molecule has 1 aliphatic heterocycles. The van der Waals surface area contributed by atoms with Crippen molar-refractivity contribution in [3.8, 4) is 0 Å². The zero-order chi connectivity index (χ0) is 16.7. The number of hydrogen-bond acceptors (Lipinski definition) is 7. The van der Waals surface area contributed by atoms with Gasteiger partial charge in [-0.1, -0.05) is 18.3 Å². The van der Waals surface area contributed by atoms with Crippen LogP contribution in [-0.4, -0.2) is 43.4 Å². The largest absolute Gasteiger partial charge is 0.390 e. The van der Waals surface area contributed by atoms with Gasteiger partial charge in [0.25, 0.3) is 5.56 Å². The predicted molar refractivity (Wildman–Crippen MR) is 89.5 cm³/mol. The summed E-state index contributed by atoms with van der Waals surface area (Å²) in [4.78, 5) is 40.0. The van der Waals surface area contributed by atoms with Gasteiger partial charge in [-0.2, -0.15) is 11.8 Å². The SMILES string of the molecule is CCC(O)C1CC(SC)C(n2c(=O)sc3c(=O)[nH]c(=O)[nH]c32)O1. The first-order chi connectivity index (χ1) is 11.0. The van der Waals surface area contributed by atoms with Gasteiger partial charge in [-0.3, -0.25) is 24.1 Å². The van der Waals surface area contributed by atoms with E-state index in [1.165, 1.54) is 16.3 Å². The van der Waals surface area contributed by atoms with Crippen molar-refractivity contribution < 1.29 is 9.84 Å². The van der Waals surface area contributed by atoms with Crippen molar-refractivity contribution in [2.45, 2.75) is 43.5 Å². The van der Waals surface area contributed by atoms with Gasteiger partial charge in [-0.15, -0.1) is 0 Å². The number of aromatic nitrogens is 3. The van der Waals surface area contributed by atoms with E-state index in [-0.39, 0.29) is 26.6 Å². The molecule has 126 valence electrons. The van der Waals surface area contributed by atoms with Crippen LogP contribution in [0.1, 0.15) is 26.0 Å². The Morgan fingerprint density at radius 3 is 2.83 bits per heavy atom. The van der Waals surface area contributed by atoms with Crippen LogP contribution < -0.4 is 16.1 Å². The first kappa shape index (κ1) is 16.5. The standard InChI is InChI=1S/C13H17N3O5S2/c1-3-5(17)6-4-7(22-2)11(21-6)16-9-8(23-13(16)20)10(18)15-12(19)14-9/h5-7,11,17H,3-4H2,1-2H3,(H2,14,15,18,19). The molecule has 3 N–H and O–H groups in total. The van der Waals surface area contributed by atoms with Crippen LogP contribution in [0.5, 0.6) is 0 Å². The molecule has 3 heterocycles. The van der Waals surface area contributed by atoms with Crippen LogP contribution in [-0.2, 0) is 4.74 Å². The molecular formula is C13H17N3O5S2. The van der Waals surface area contributed by atoms with Crippen molar-refractivity contribution in [2.75, 3.05) is 6.26 Å². The molecule has 2 aromatic heterocycles. The zero-order valence-corrected chi connectivity index (χ0v) is 14.2. The number of H-pyrrole nitrogens is 2. The normalized spacial score (nSPS) is 26.0. The van der Waals surface area contributed by atoms with Crippen LogP contribution in [0.2, 0.25) is 0 Å². The van der Waals surface area contributed by atoms with Crippen molar-refractivity contribution in [2.24, 2.45) is 0 Å². The molecular weight excluding hydrogens is 342 g/mol. The fourth-order valence-corrected chi connectivity index (χ4v) is 4.46. The van der Waals surface area contributed by atoms with Crippen LogP contribution in [0.3, 0.4) is 0 Å². The average Bonchev–Trinajstić information content (AvgIpc) is 3.07. The molecule has 4 unspecified atom stereocenters. The maximum atomic E-state index is 12.4. The summed E-state index contributed by atoms with van der Waals surface area (Å²) in [5, 5.41) is 9.97. The van der Waals surface area contributed by atoms with Crippen molar-refractivity contribution in [1.29, 1.82) is 0 Å². The number of ether oxygens (including phenoxy) is 1. The summed E-state index contributed by atoms with van der Waals surface area (Å²) < 4.78 is 7.38. The molecule has 0 amide bonds. The van der Waals surface area contributed by atoms with Gasteiger partial charge in [0.2, 0.25) is 0 Å². The molecule has 1 saturated heterocycles. The van der Waals surface area contributed by atoms with E-state index in [9.17, 15) is 19.5 Å². The monoisotopic (exact) mass is 359 g/mol. The molecule has 0 spiro atoms. The fourth-order valence-electron chi connectivity index (χ4n) is 2.80. The highest BCUT2D eigenvalue weighted by Gasteiger charge is 2.40. The molecule has 1 fully saturated rings. The summed E-state index contributed by atoms with van der Waals surface area (Å²) in [5.41, 5.74) is -1.09. The van der Waals surface area contributed by atoms with Gasteiger partial charge in [0.05, 0.1) is 17.5 Å². The Balaban J connectivity index is 2.12. The van der Waals surface area contributed by atoms with Crippen molar-refractivity contribution in [3.63, 3.8) is 0 Å². The number of aromatic amines is 2.